The number of rotatable bonds is 3. The zero-order valence-corrected chi connectivity index (χ0v) is 9.28. The molecule has 0 amide bonds. The van der Waals surface area contributed by atoms with Crippen molar-refractivity contribution in [1.82, 2.24) is 9.78 Å². The number of hydrogen-bond donors (Lipinski definition) is 0. The summed E-state index contributed by atoms with van der Waals surface area (Å²) in [6.45, 7) is 1.30. The maximum atomic E-state index is 10.5. The third kappa shape index (κ3) is 3.01. The average Bonchev–Trinajstić information content (AvgIpc) is 2.78. The van der Waals surface area contributed by atoms with Crippen molar-refractivity contribution in [3.8, 4) is 5.69 Å². The minimum absolute atomic E-state index is 0.447. The van der Waals surface area contributed by atoms with Crippen molar-refractivity contribution in [2.24, 2.45) is 5.16 Å². The van der Waals surface area contributed by atoms with Crippen LogP contribution < -0.4 is 0 Å². The topological polar surface area (TPSA) is 56.5 Å². The van der Waals surface area contributed by atoms with E-state index in [-0.39, 0.29) is 0 Å². The monoisotopic (exact) mass is 229 g/mol. The van der Waals surface area contributed by atoms with Crippen molar-refractivity contribution in [2.75, 3.05) is 0 Å². The van der Waals surface area contributed by atoms with E-state index in [2.05, 4.69) is 15.1 Å². The Bertz CT molecular complexity index is 532. The molecule has 0 saturated heterocycles. The van der Waals surface area contributed by atoms with E-state index in [0.717, 1.165) is 11.3 Å². The van der Waals surface area contributed by atoms with Crippen LogP contribution in [-0.2, 0) is 9.63 Å². The minimum atomic E-state index is -0.447. The van der Waals surface area contributed by atoms with E-state index in [4.69, 9.17) is 0 Å². The third-order valence-electron chi connectivity index (χ3n) is 2.01. The number of nitrogens with zero attached hydrogens (tertiary/aromatic N) is 3. The third-order valence-corrected chi connectivity index (χ3v) is 2.01. The summed E-state index contributed by atoms with van der Waals surface area (Å²) in [6.07, 6.45) is 4.87. The highest BCUT2D eigenvalue weighted by Crippen LogP contribution is 2.06. The Labute approximate surface area is 98.3 Å². The molecule has 1 heterocycles. The van der Waals surface area contributed by atoms with Gasteiger partial charge < -0.3 is 4.84 Å². The molecule has 0 radical (unpaired) electrons. The van der Waals surface area contributed by atoms with Gasteiger partial charge in [-0.25, -0.2) is 9.48 Å². The Morgan fingerprint density at radius 3 is 2.88 bits per heavy atom. The zero-order chi connectivity index (χ0) is 12.1. The summed E-state index contributed by atoms with van der Waals surface area (Å²) in [7, 11) is 0. The van der Waals surface area contributed by atoms with E-state index in [0.29, 0.717) is 0 Å². The van der Waals surface area contributed by atoms with Gasteiger partial charge in [0.1, 0.15) is 0 Å². The Kier molecular flexibility index (Phi) is 3.30. The highest BCUT2D eigenvalue weighted by molar-refractivity contribution is 5.79. The summed E-state index contributed by atoms with van der Waals surface area (Å²) in [4.78, 5) is 15.0. The molecule has 2 aromatic rings. The van der Waals surface area contributed by atoms with Crippen molar-refractivity contribution >= 4 is 12.2 Å². The number of oxime groups is 1. The first-order valence-corrected chi connectivity index (χ1v) is 5.07. The van der Waals surface area contributed by atoms with Crippen molar-refractivity contribution in [3.05, 3.63) is 48.3 Å². The molecular weight excluding hydrogens is 218 g/mol. The van der Waals surface area contributed by atoms with Crippen LogP contribution in [0.1, 0.15) is 12.5 Å². The van der Waals surface area contributed by atoms with E-state index in [9.17, 15) is 4.79 Å². The molecule has 0 N–H and O–H groups in total. The highest BCUT2D eigenvalue weighted by Gasteiger charge is 1.98. The molecule has 0 unspecified atom stereocenters. The van der Waals surface area contributed by atoms with Gasteiger partial charge in [0.05, 0.1) is 18.1 Å². The predicted octanol–water partition coefficient (Wildman–Crippen LogP) is 1.77. The van der Waals surface area contributed by atoms with Gasteiger partial charge in [-0.05, 0) is 12.1 Å². The van der Waals surface area contributed by atoms with Crippen LogP contribution in [-0.4, -0.2) is 22.0 Å². The van der Waals surface area contributed by atoms with Crippen LogP contribution in [0.2, 0.25) is 0 Å². The van der Waals surface area contributed by atoms with Crippen LogP contribution in [0, 0.1) is 0 Å². The van der Waals surface area contributed by atoms with Crippen molar-refractivity contribution < 1.29 is 9.63 Å². The van der Waals surface area contributed by atoms with E-state index >= 15 is 0 Å². The molecule has 0 bridgehead atoms. The summed E-state index contributed by atoms with van der Waals surface area (Å²) in [5.41, 5.74) is 1.72. The van der Waals surface area contributed by atoms with E-state index in [1.165, 1.54) is 13.1 Å². The lowest BCUT2D eigenvalue weighted by Gasteiger charge is -1.98. The second kappa shape index (κ2) is 5.07. The lowest BCUT2D eigenvalue weighted by Crippen LogP contribution is -1.93. The fourth-order valence-corrected chi connectivity index (χ4v) is 1.29. The average molecular weight is 229 g/mol. The first kappa shape index (κ1) is 11.1. The first-order chi connectivity index (χ1) is 8.25. The van der Waals surface area contributed by atoms with E-state index in [1.807, 2.05) is 30.3 Å². The van der Waals surface area contributed by atoms with E-state index < -0.39 is 5.97 Å². The molecule has 5 heteroatoms. The van der Waals surface area contributed by atoms with Crippen molar-refractivity contribution in [2.45, 2.75) is 6.92 Å². The minimum Gasteiger partial charge on any atom is -0.319 e. The largest absolute Gasteiger partial charge is 0.331 e. The molecule has 5 nitrogen and oxygen atoms in total. The molecule has 0 fully saturated rings. The smallest absolute Gasteiger partial charge is 0.319 e. The van der Waals surface area contributed by atoms with E-state index in [1.54, 1.807) is 17.1 Å². The number of benzene rings is 1. The normalized spacial score (nSPS) is 10.6. The SMILES string of the molecule is CC(=O)ON=Cc1cnn(-c2ccccc2)c1. The maximum absolute atomic E-state index is 10.5. The van der Waals surface area contributed by atoms with Gasteiger partial charge in [-0.1, -0.05) is 23.4 Å². The Morgan fingerprint density at radius 2 is 2.18 bits per heavy atom. The second-order valence-corrected chi connectivity index (χ2v) is 3.37. The second-order valence-electron chi connectivity index (χ2n) is 3.37. The van der Waals surface area contributed by atoms with Crippen molar-refractivity contribution in [1.29, 1.82) is 0 Å². The zero-order valence-electron chi connectivity index (χ0n) is 9.28. The lowest BCUT2D eigenvalue weighted by molar-refractivity contribution is -0.140. The number of carbonyl (C=O) groups excluding carboxylic acids is 1. The summed E-state index contributed by atoms with van der Waals surface area (Å²) < 4.78 is 1.72. The molecule has 17 heavy (non-hydrogen) atoms. The Balaban J connectivity index is 2.11. The van der Waals surface area contributed by atoms with Crippen LogP contribution in [0.3, 0.4) is 0 Å². The molecule has 86 valence electrons. The molecule has 0 atom stereocenters. The quantitative estimate of drug-likeness (QED) is 0.458. The van der Waals surface area contributed by atoms with Gasteiger partial charge in [0.2, 0.25) is 0 Å². The lowest BCUT2D eigenvalue weighted by atomic mass is 10.3. The van der Waals surface area contributed by atoms with Gasteiger partial charge in [-0.3, -0.25) is 0 Å². The maximum Gasteiger partial charge on any atom is 0.331 e. The van der Waals surface area contributed by atoms with Crippen molar-refractivity contribution in [3.63, 3.8) is 0 Å². The van der Waals surface area contributed by atoms with Gasteiger partial charge in [0, 0.05) is 18.7 Å². The van der Waals surface area contributed by atoms with Gasteiger partial charge in [0.15, 0.2) is 0 Å². The van der Waals surface area contributed by atoms with Gasteiger partial charge >= 0.3 is 5.97 Å². The summed E-state index contributed by atoms with van der Waals surface area (Å²) in [5, 5.41) is 7.69. The van der Waals surface area contributed by atoms with Gasteiger partial charge in [-0.15, -0.1) is 0 Å². The number of para-hydroxylation sites is 1. The molecular formula is C12H11N3O2. The molecule has 1 aromatic heterocycles. The molecule has 1 aromatic carbocycles. The summed E-state index contributed by atoms with van der Waals surface area (Å²) in [5.74, 6) is -0.447. The van der Waals surface area contributed by atoms with Crippen LogP contribution in [0.5, 0.6) is 0 Å². The molecule has 0 saturated carbocycles. The van der Waals surface area contributed by atoms with Gasteiger partial charge in [-0.2, -0.15) is 5.10 Å². The fourth-order valence-electron chi connectivity index (χ4n) is 1.29. The number of carbonyl (C=O) groups is 1. The van der Waals surface area contributed by atoms with Crippen LogP contribution in [0.15, 0.2) is 47.9 Å². The molecule has 2 rings (SSSR count). The summed E-state index contributed by atoms with van der Waals surface area (Å²) in [6, 6.07) is 9.70. The molecule has 0 aliphatic heterocycles. The van der Waals surface area contributed by atoms with Crippen LogP contribution in [0.25, 0.3) is 5.69 Å². The molecule has 0 aliphatic rings. The molecule has 0 aliphatic carbocycles. The standard InChI is InChI=1S/C12H11N3O2/c1-10(16)17-14-8-11-7-13-15(9-11)12-5-3-2-4-6-12/h2-9H,1H3. The summed E-state index contributed by atoms with van der Waals surface area (Å²) >= 11 is 0. The van der Waals surface area contributed by atoms with Crippen LogP contribution in [0.4, 0.5) is 0 Å². The molecule has 0 spiro atoms. The van der Waals surface area contributed by atoms with Crippen LogP contribution >= 0.6 is 0 Å². The van der Waals surface area contributed by atoms with Gasteiger partial charge in [0.25, 0.3) is 0 Å². The fraction of sp³-hybridized carbons (Fsp3) is 0.0833. The number of hydrogen-bond acceptors (Lipinski definition) is 4. The first-order valence-electron chi connectivity index (χ1n) is 5.07. The highest BCUT2D eigenvalue weighted by atomic mass is 16.7. The Morgan fingerprint density at radius 1 is 1.41 bits per heavy atom. The number of aromatic nitrogens is 2. The predicted molar refractivity (Wildman–Crippen MR) is 62.9 cm³/mol. The Hall–Kier alpha value is -2.43.